The van der Waals surface area contributed by atoms with E-state index in [1.807, 2.05) is 0 Å². The molecule has 16 heavy (non-hydrogen) atoms. The van der Waals surface area contributed by atoms with Crippen molar-refractivity contribution in [3.05, 3.63) is 29.8 Å². The largest absolute Gasteiger partial charge is 0.459 e. The molecule has 0 unspecified atom stereocenters. The number of esters is 2. The summed E-state index contributed by atoms with van der Waals surface area (Å²) in [6, 6.07) is 6.22. The second-order valence-electron chi connectivity index (χ2n) is 3.57. The standard InChI is InChI=1S/C12H14O4/c1-8(2)15-12(14)10-4-6-11(7-5-10)16-9(3)13/h4-8H,1-3H3. The van der Waals surface area contributed by atoms with Gasteiger partial charge in [0.25, 0.3) is 0 Å². The normalized spacial score (nSPS) is 10.0. The number of carbonyl (C=O) groups is 2. The molecule has 0 aromatic heterocycles. The predicted molar refractivity (Wildman–Crippen MR) is 58.3 cm³/mol. The maximum Gasteiger partial charge on any atom is 0.338 e. The van der Waals surface area contributed by atoms with Gasteiger partial charge in [-0.1, -0.05) is 0 Å². The number of hydrogen-bond acceptors (Lipinski definition) is 4. The van der Waals surface area contributed by atoms with Crippen molar-refractivity contribution in [2.45, 2.75) is 26.9 Å². The van der Waals surface area contributed by atoms with Crippen LogP contribution in [0.2, 0.25) is 0 Å². The average Bonchev–Trinajstić information content (AvgIpc) is 2.16. The molecule has 0 saturated heterocycles. The first kappa shape index (κ1) is 12.2. The molecule has 86 valence electrons. The van der Waals surface area contributed by atoms with E-state index in [1.54, 1.807) is 38.1 Å². The van der Waals surface area contributed by atoms with E-state index in [9.17, 15) is 9.59 Å². The van der Waals surface area contributed by atoms with Crippen LogP contribution in [0, 0.1) is 0 Å². The van der Waals surface area contributed by atoms with Gasteiger partial charge >= 0.3 is 11.9 Å². The maximum absolute atomic E-state index is 11.5. The van der Waals surface area contributed by atoms with E-state index in [4.69, 9.17) is 9.47 Å². The van der Waals surface area contributed by atoms with Gasteiger partial charge in [-0.3, -0.25) is 4.79 Å². The Morgan fingerprint density at radius 3 is 2.12 bits per heavy atom. The van der Waals surface area contributed by atoms with Gasteiger partial charge in [0, 0.05) is 6.92 Å². The molecule has 4 nitrogen and oxygen atoms in total. The lowest BCUT2D eigenvalue weighted by Crippen LogP contribution is -2.11. The summed E-state index contributed by atoms with van der Waals surface area (Å²) in [5, 5.41) is 0. The third-order valence-electron chi connectivity index (χ3n) is 1.69. The minimum absolute atomic E-state index is 0.152. The molecule has 4 heteroatoms. The van der Waals surface area contributed by atoms with Crippen molar-refractivity contribution in [3.8, 4) is 5.75 Å². The quantitative estimate of drug-likeness (QED) is 0.581. The van der Waals surface area contributed by atoms with Crippen molar-refractivity contribution in [2.24, 2.45) is 0 Å². The zero-order valence-electron chi connectivity index (χ0n) is 9.52. The highest BCUT2D eigenvalue weighted by Crippen LogP contribution is 2.13. The molecule has 0 aliphatic carbocycles. The van der Waals surface area contributed by atoms with Crippen LogP contribution in [0.15, 0.2) is 24.3 Å². The first-order valence-electron chi connectivity index (χ1n) is 4.98. The van der Waals surface area contributed by atoms with Crippen molar-refractivity contribution in [2.75, 3.05) is 0 Å². The Kier molecular flexibility index (Phi) is 4.05. The molecular formula is C12H14O4. The van der Waals surface area contributed by atoms with E-state index >= 15 is 0 Å². The van der Waals surface area contributed by atoms with E-state index in [2.05, 4.69) is 0 Å². The molecule has 0 aliphatic rings. The second kappa shape index (κ2) is 5.30. The molecule has 1 aromatic carbocycles. The van der Waals surface area contributed by atoms with Gasteiger partial charge in [-0.15, -0.1) is 0 Å². The summed E-state index contributed by atoms with van der Waals surface area (Å²) in [7, 11) is 0. The van der Waals surface area contributed by atoms with Crippen molar-refractivity contribution < 1.29 is 19.1 Å². The minimum atomic E-state index is -0.391. The lowest BCUT2D eigenvalue weighted by Gasteiger charge is -2.08. The molecule has 0 amide bonds. The molecular weight excluding hydrogens is 208 g/mol. The fourth-order valence-corrected chi connectivity index (χ4v) is 1.11. The van der Waals surface area contributed by atoms with E-state index in [-0.39, 0.29) is 12.1 Å². The van der Waals surface area contributed by atoms with Crippen LogP contribution < -0.4 is 4.74 Å². The second-order valence-corrected chi connectivity index (χ2v) is 3.57. The first-order chi connectivity index (χ1) is 7.49. The summed E-state index contributed by atoms with van der Waals surface area (Å²) in [4.78, 5) is 22.1. The van der Waals surface area contributed by atoms with Crippen LogP contribution in [0.3, 0.4) is 0 Å². The van der Waals surface area contributed by atoms with Crippen molar-refractivity contribution in [1.82, 2.24) is 0 Å². The van der Waals surface area contributed by atoms with Crippen molar-refractivity contribution in [1.29, 1.82) is 0 Å². The third kappa shape index (κ3) is 3.73. The van der Waals surface area contributed by atoms with Crippen LogP contribution in [-0.4, -0.2) is 18.0 Å². The van der Waals surface area contributed by atoms with Gasteiger partial charge in [0.1, 0.15) is 5.75 Å². The summed E-state index contributed by atoms with van der Waals surface area (Å²) in [5.41, 5.74) is 0.435. The molecule has 0 atom stereocenters. The molecule has 0 saturated carbocycles. The fraction of sp³-hybridized carbons (Fsp3) is 0.333. The fourth-order valence-electron chi connectivity index (χ4n) is 1.11. The Morgan fingerprint density at radius 1 is 1.12 bits per heavy atom. The highest BCUT2D eigenvalue weighted by Gasteiger charge is 2.09. The summed E-state index contributed by atoms with van der Waals surface area (Å²) in [6.07, 6.45) is -0.152. The van der Waals surface area contributed by atoms with E-state index in [1.165, 1.54) is 6.92 Å². The molecule has 0 N–H and O–H groups in total. The number of carbonyl (C=O) groups excluding carboxylic acids is 2. The summed E-state index contributed by atoms with van der Waals surface area (Å²) < 4.78 is 9.85. The summed E-state index contributed by atoms with van der Waals surface area (Å²) >= 11 is 0. The van der Waals surface area contributed by atoms with Gasteiger partial charge < -0.3 is 9.47 Å². The van der Waals surface area contributed by atoms with E-state index < -0.39 is 5.97 Å². The Balaban J connectivity index is 2.71. The molecule has 0 spiro atoms. The monoisotopic (exact) mass is 222 g/mol. The lowest BCUT2D eigenvalue weighted by atomic mass is 10.2. The van der Waals surface area contributed by atoms with Gasteiger partial charge in [-0.25, -0.2) is 4.79 Å². The Hall–Kier alpha value is -1.84. The number of hydrogen-bond donors (Lipinski definition) is 0. The predicted octanol–water partition coefficient (Wildman–Crippen LogP) is 2.18. The average molecular weight is 222 g/mol. The van der Waals surface area contributed by atoms with E-state index in [0.717, 1.165) is 0 Å². The van der Waals surface area contributed by atoms with Gasteiger partial charge in [0.2, 0.25) is 0 Å². The summed E-state index contributed by atoms with van der Waals surface area (Å²) in [6.45, 7) is 4.89. The van der Waals surface area contributed by atoms with Crippen LogP contribution in [0.1, 0.15) is 31.1 Å². The number of benzene rings is 1. The highest BCUT2D eigenvalue weighted by molar-refractivity contribution is 5.89. The molecule has 0 bridgehead atoms. The third-order valence-corrected chi connectivity index (χ3v) is 1.69. The lowest BCUT2D eigenvalue weighted by molar-refractivity contribution is -0.131. The van der Waals surface area contributed by atoms with Crippen molar-refractivity contribution in [3.63, 3.8) is 0 Å². The van der Waals surface area contributed by atoms with E-state index in [0.29, 0.717) is 11.3 Å². The van der Waals surface area contributed by atoms with Crippen LogP contribution >= 0.6 is 0 Å². The molecule has 1 aromatic rings. The zero-order valence-corrected chi connectivity index (χ0v) is 9.52. The topological polar surface area (TPSA) is 52.6 Å². The van der Waals surface area contributed by atoms with Crippen LogP contribution in [0.25, 0.3) is 0 Å². The van der Waals surface area contributed by atoms with Crippen molar-refractivity contribution >= 4 is 11.9 Å². The molecule has 0 aliphatic heterocycles. The molecule has 0 heterocycles. The molecule has 0 fully saturated rings. The number of ether oxygens (including phenoxy) is 2. The number of rotatable bonds is 3. The minimum Gasteiger partial charge on any atom is -0.459 e. The zero-order chi connectivity index (χ0) is 12.1. The SMILES string of the molecule is CC(=O)Oc1ccc(C(=O)OC(C)C)cc1. The van der Waals surface area contributed by atoms with Gasteiger partial charge in [-0.05, 0) is 38.1 Å². The van der Waals surface area contributed by atoms with Crippen LogP contribution in [0.4, 0.5) is 0 Å². The van der Waals surface area contributed by atoms with Gasteiger partial charge in [-0.2, -0.15) is 0 Å². The first-order valence-corrected chi connectivity index (χ1v) is 4.98. The van der Waals surface area contributed by atoms with Gasteiger partial charge in [0.05, 0.1) is 11.7 Å². The highest BCUT2D eigenvalue weighted by atomic mass is 16.5. The Bertz CT molecular complexity index is 379. The van der Waals surface area contributed by atoms with Gasteiger partial charge in [0.15, 0.2) is 0 Å². The Labute approximate surface area is 94.2 Å². The summed E-state index contributed by atoms with van der Waals surface area (Å²) in [5.74, 6) is -0.365. The van der Waals surface area contributed by atoms with Crippen LogP contribution in [-0.2, 0) is 9.53 Å². The Morgan fingerprint density at radius 2 is 1.69 bits per heavy atom. The smallest absolute Gasteiger partial charge is 0.338 e. The van der Waals surface area contributed by atoms with Crippen LogP contribution in [0.5, 0.6) is 5.75 Å². The molecule has 0 radical (unpaired) electrons. The molecule has 1 rings (SSSR count). The maximum atomic E-state index is 11.5.